The summed E-state index contributed by atoms with van der Waals surface area (Å²) in [5.41, 5.74) is 28.8. The Bertz CT molecular complexity index is 6790. The molecule has 2 aliphatic rings. The number of aryl methyl sites for hydroxylation is 8. The summed E-state index contributed by atoms with van der Waals surface area (Å²) in [6.07, 6.45) is 16.7. The van der Waals surface area contributed by atoms with Crippen molar-refractivity contribution in [2.75, 3.05) is 0 Å². The van der Waals surface area contributed by atoms with Crippen molar-refractivity contribution in [1.82, 2.24) is 24.9 Å². The Labute approximate surface area is 809 Å². The molecule has 17 aromatic rings. The molecule has 3 N–H and O–H groups in total. The second-order valence-corrected chi connectivity index (χ2v) is 30.5. The van der Waals surface area contributed by atoms with Crippen LogP contribution in [0.4, 0.5) is 0 Å². The Kier molecular flexibility index (Phi) is 39.4. The van der Waals surface area contributed by atoms with Gasteiger partial charge in [0, 0.05) is 122 Å². The summed E-state index contributed by atoms with van der Waals surface area (Å²) >= 11 is 0. The number of pyridine rings is 5. The van der Waals surface area contributed by atoms with E-state index >= 15 is 0 Å². The quantitative estimate of drug-likeness (QED) is 0.0630. The number of aliphatic hydroxyl groups is 3. The molecule has 0 aliphatic heterocycles. The van der Waals surface area contributed by atoms with E-state index in [-0.39, 0.29) is 115 Å². The predicted octanol–water partition coefficient (Wildman–Crippen LogP) is 26.6. The first-order valence-corrected chi connectivity index (χ1v) is 41.2. The molecule has 2 aliphatic carbocycles. The Morgan fingerprint density at radius 2 is 0.860 bits per heavy atom. The molecule has 0 saturated heterocycles. The summed E-state index contributed by atoms with van der Waals surface area (Å²) in [4.78, 5) is 53.2. The molecule has 5 aromatic heterocycles. The van der Waals surface area contributed by atoms with Crippen LogP contribution in [0.25, 0.3) is 128 Å². The summed E-state index contributed by atoms with van der Waals surface area (Å²) in [6.45, 7) is 16.9. The Balaban J connectivity index is 0.000000188. The van der Waals surface area contributed by atoms with E-state index in [9.17, 15) is 19.6 Å². The largest absolute Gasteiger partial charge is 0.512 e. The maximum Gasteiger partial charge on any atom is 0.155 e. The molecule has 0 amide bonds. The van der Waals surface area contributed by atoms with Crippen molar-refractivity contribution in [3.8, 4) is 73.4 Å². The van der Waals surface area contributed by atoms with E-state index in [0.717, 1.165) is 126 Å². The number of ketones is 3. The van der Waals surface area contributed by atoms with Gasteiger partial charge < -0.3 is 25.3 Å². The van der Waals surface area contributed by atoms with Gasteiger partial charge in [0.15, 0.2) is 17.3 Å². The SMILES string of the molecule is CC(=O)C=C(C)O.CC(=O)C=C(C)O.CC(=O)C=C(C)O.Cc1[c-]c(-c2ccc3cc(-c4ccccc4)ccc3n2)cc(C)c1.Cc1c[c-]c(-c2ccc3cc(-c4ccccc4)ccc3n2)cc1.Cc1cccnc1-c1[c-]cc2c3c(cccc13)CC2.N#Cc1cccnc1-c1[c-]cc2c3c(cccc13)CC2.[C-](=Cc1ccc2ccccc2n1)c1ccccc1.[Ir].[Ir].[Ir].[Ir]. The normalized spacial score (nSPS) is 11.2. The van der Waals surface area contributed by atoms with Crippen LogP contribution in [0.2, 0.25) is 0 Å². The average Bonchev–Trinajstić information content (AvgIpc) is 1.64. The fourth-order valence-corrected chi connectivity index (χ4v) is 14.8. The number of benzene rings is 12. The van der Waals surface area contributed by atoms with Gasteiger partial charge >= 0.3 is 0 Å². The van der Waals surface area contributed by atoms with E-state index < -0.39 is 0 Å². The van der Waals surface area contributed by atoms with Crippen molar-refractivity contribution in [2.45, 2.75) is 94.9 Å². The van der Waals surface area contributed by atoms with Crippen molar-refractivity contribution < 1.29 is 110 Å². The second-order valence-electron chi connectivity index (χ2n) is 30.5. The van der Waals surface area contributed by atoms with Crippen LogP contribution in [0.1, 0.15) is 103 Å². The molecule has 0 bridgehead atoms. The van der Waals surface area contributed by atoms with Crippen LogP contribution in [-0.4, -0.2) is 57.6 Å². The van der Waals surface area contributed by atoms with E-state index in [1.165, 1.54) is 137 Å². The van der Waals surface area contributed by atoms with Gasteiger partial charge in [-0.15, -0.1) is 159 Å². The number of rotatable bonds is 11. The number of hydrogen-bond acceptors (Lipinski definition) is 12. The number of aromatic nitrogens is 5. The first-order chi connectivity index (χ1) is 60.5. The molecular weight excluding hydrogens is 2310 g/mol. The predicted molar refractivity (Wildman–Crippen MR) is 510 cm³/mol. The number of nitrogens with zero attached hydrogens (tertiary/aromatic N) is 6. The van der Waals surface area contributed by atoms with E-state index in [2.05, 4.69) is 279 Å². The average molecular weight is 2400 g/mol. The molecule has 19 rings (SSSR count). The smallest absolute Gasteiger partial charge is 0.155 e. The van der Waals surface area contributed by atoms with Crippen LogP contribution in [0, 0.1) is 69.4 Å². The van der Waals surface area contributed by atoms with Crippen molar-refractivity contribution in [1.29, 1.82) is 5.26 Å². The van der Waals surface area contributed by atoms with E-state index in [1.54, 1.807) is 18.3 Å². The number of hydrogen-bond donors (Lipinski definition) is 3. The minimum Gasteiger partial charge on any atom is -0.512 e. The number of carbonyl (C=O) groups is 3. The van der Waals surface area contributed by atoms with E-state index in [4.69, 9.17) is 25.3 Å². The maximum atomic E-state index is 10.0. The van der Waals surface area contributed by atoms with E-state index in [0.29, 0.717) is 5.56 Å². The minimum absolute atomic E-state index is 0. The topological polar surface area (TPSA) is 200 Å². The van der Waals surface area contributed by atoms with Crippen molar-refractivity contribution >= 4 is 77.7 Å². The molecule has 0 unspecified atom stereocenters. The van der Waals surface area contributed by atoms with Gasteiger partial charge in [-0.25, -0.2) is 0 Å². The zero-order chi connectivity index (χ0) is 88.3. The summed E-state index contributed by atoms with van der Waals surface area (Å²) in [5, 5.41) is 43.1. The molecule has 654 valence electrons. The second kappa shape index (κ2) is 50.0. The summed E-state index contributed by atoms with van der Waals surface area (Å²) in [6, 6.07) is 115. The molecule has 129 heavy (non-hydrogen) atoms. The minimum atomic E-state index is -0.125. The molecule has 0 atom stereocenters. The zero-order valence-electron chi connectivity index (χ0n) is 73.1. The van der Waals surface area contributed by atoms with Crippen LogP contribution in [0.5, 0.6) is 0 Å². The van der Waals surface area contributed by atoms with Crippen LogP contribution in [0.15, 0.2) is 339 Å². The van der Waals surface area contributed by atoms with Gasteiger partial charge in [-0.3, -0.25) is 29.3 Å². The first kappa shape index (κ1) is 102. The summed E-state index contributed by atoms with van der Waals surface area (Å²) in [5.74, 6) is -0.187. The Morgan fingerprint density at radius 1 is 0.395 bits per heavy atom. The Hall–Kier alpha value is -12.9. The van der Waals surface area contributed by atoms with Crippen LogP contribution in [-0.2, 0) is 120 Å². The molecule has 12 nitrogen and oxygen atoms in total. The molecule has 0 fully saturated rings. The zero-order valence-corrected chi connectivity index (χ0v) is 82.7. The van der Waals surface area contributed by atoms with E-state index in [1.807, 2.05) is 91.1 Å². The van der Waals surface area contributed by atoms with Gasteiger partial charge in [-0.05, 0) is 165 Å². The number of allylic oxidation sites excluding steroid dienone is 6. The fourth-order valence-electron chi connectivity index (χ4n) is 14.8. The van der Waals surface area contributed by atoms with Crippen molar-refractivity contribution in [2.24, 2.45) is 0 Å². The van der Waals surface area contributed by atoms with Crippen LogP contribution < -0.4 is 0 Å². The number of carbonyl (C=O) groups excluding carboxylic acids is 3. The third-order valence-electron chi connectivity index (χ3n) is 20.3. The number of aliphatic hydroxyl groups excluding tert-OH is 3. The standard InChI is InChI=1S/C23H18N.C22H16N.C18H11N2.C18H14N.C17H12N.3C5H8O2.4Ir/c1-16-12-17(2)14-21(13-16)23-11-9-20-15-19(8-10-22(20)24-23)18-6-4-3-5-7-18;1-16-7-9-18(10-8-16)21-14-12-20-15-19(11-13-22(20)23-21)17-5-3-2-4-6-17;19-11-14-4-2-10-20-18(14)16-9-8-13-7-6-12-3-1-5-15(16)17(12)13;1-12-4-3-11-19-18(12)16-10-9-14-8-7-13-5-2-6-15(16)17(13)14;1-2-6-14(7-3-1)10-12-16-13-11-15-8-4-5-9-17(15)18-16;3*1-4(6)3-5(2)7;;;;/h3-13,15H,1-2H3;2-9,11-15H,1H3;1-5,8,10H,6-7H2;2-6,9,11H,7-8H2,1H3;1-9,11-13H;3*3,6H,1-2H3;;;;/q5*-1;;;;;;;. The fraction of sp³-hybridized carbons (Fsp3) is 0.124. The molecule has 5 heterocycles. The third-order valence-corrected chi connectivity index (χ3v) is 20.3. The van der Waals surface area contributed by atoms with Crippen LogP contribution in [0.3, 0.4) is 0 Å². The van der Waals surface area contributed by atoms with Gasteiger partial charge in [-0.1, -0.05) is 254 Å². The van der Waals surface area contributed by atoms with Gasteiger partial charge in [0.2, 0.25) is 0 Å². The van der Waals surface area contributed by atoms with Crippen molar-refractivity contribution in [3.05, 3.63) is 431 Å². The van der Waals surface area contributed by atoms with Crippen molar-refractivity contribution in [3.63, 3.8) is 0 Å². The Morgan fingerprint density at radius 3 is 1.34 bits per heavy atom. The monoisotopic (exact) mass is 2400 g/mol. The van der Waals surface area contributed by atoms with Crippen LogP contribution >= 0.6 is 0 Å². The molecule has 0 spiro atoms. The first-order valence-electron chi connectivity index (χ1n) is 41.2. The molecule has 4 radical (unpaired) electrons. The maximum absolute atomic E-state index is 10.0. The molecule has 12 aromatic carbocycles. The third kappa shape index (κ3) is 28.8. The summed E-state index contributed by atoms with van der Waals surface area (Å²) in [7, 11) is 0. The van der Waals surface area contributed by atoms with Gasteiger partial charge in [0.05, 0.1) is 39.9 Å². The number of nitriles is 1. The molecule has 16 heteroatoms. The number of fused-ring (bicyclic) bond motifs is 3. The molecule has 0 saturated carbocycles. The van der Waals surface area contributed by atoms with Gasteiger partial charge in [-0.2, -0.15) is 5.26 Å². The van der Waals surface area contributed by atoms with Gasteiger partial charge in [0.25, 0.3) is 0 Å². The summed E-state index contributed by atoms with van der Waals surface area (Å²) < 4.78 is 0. The number of para-hydroxylation sites is 1. The molecular formula is C113H95Ir4N6O6-5. The van der Waals surface area contributed by atoms with Gasteiger partial charge in [0.1, 0.15) is 0 Å².